The third-order valence-corrected chi connectivity index (χ3v) is 2.30. The van der Waals surface area contributed by atoms with Gasteiger partial charge in [0.05, 0.1) is 0 Å². The first-order valence-electron chi connectivity index (χ1n) is 5.48. The molecule has 0 spiro atoms. The molecule has 3 N–H and O–H groups in total. The first kappa shape index (κ1) is 13.4. The molecule has 84 valence electrons. The lowest BCUT2D eigenvalue weighted by molar-refractivity contribution is -0.121. The van der Waals surface area contributed by atoms with Crippen molar-refractivity contribution in [3.05, 3.63) is 0 Å². The first-order valence-corrected chi connectivity index (χ1v) is 5.48. The van der Waals surface area contributed by atoms with Crippen LogP contribution < -0.4 is 11.1 Å². The van der Waals surface area contributed by atoms with Gasteiger partial charge in [0.2, 0.25) is 5.91 Å². The fourth-order valence-corrected chi connectivity index (χ4v) is 1.32. The van der Waals surface area contributed by atoms with Crippen LogP contribution in [0, 0.1) is 5.41 Å². The van der Waals surface area contributed by atoms with Crippen LogP contribution in [0.1, 0.15) is 46.5 Å². The van der Waals surface area contributed by atoms with Crippen molar-refractivity contribution in [3.8, 4) is 0 Å². The minimum absolute atomic E-state index is 0.160. The number of nitrogens with one attached hydrogen (secondary N) is 1. The van der Waals surface area contributed by atoms with E-state index in [0.29, 0.717) is 6.42 Å². The largest absolute Gasteiger partial charge is 0.356 e. The molecule has 0 aromatic heterocycles. The summed E-state index contributed by atoms with van der Waals surface area (Å²) in [4.78, 5) is 11.2. The Morgan fingerprint density at radius 3 is 2.57 bits per heavy atom. The summed E-state index contributed by atoms with van der Waals surface area (Å²) in [5.41, 5.74) is 5.62. The highest BCUT2D eigenvalue weighted by atomic mass is 16.1. The number of nitrogens with two attached hydrogens (primary N) is 1. The molecule has 0 saturated heterocycles. The van der Waals surface area contributed by atoms with Crippen LogP contribution in [-0.4, -0.2) is 19.0 Å². The second kappa shape index (κ2) is 6.82. The molecule has 3 heteroatoms. The van der Waals surface area contributed by atoms with E-state index in [1.165, 1.54) is 0 Å². The Labute approximate surface area is 87.4 Å². The molecule has 0 saturated carbocycles. The molecule has 0 unspecified atom stereocenters. The summed E-state index contributed by atoms with van der Waals surface area (Å²) in [5.74, 6) is 0.160. The van der Waals surface area contributed by atoms with Gasteiger partial charge in [0.1, 0.15) is 0 Å². The molecule has 1 amide bonds. The van der Waals surface area contributed by atoms with Gasteiger partial charge in [-0.3, -0.25) is 4.79 Å². The molecule has 0 rings (SSSR count). The Hall–Kier alpha value is -0.570. The van der Waals surface area contributed by atoms with Crippen molar-refractivity contribution in [2.45, 2.75) is 46.5 Å². The van der Waals surface area contributed by atoms with Gasteiger partial charge in [-0.05, 0) is 31.2 Å². The lowest BCUT2D eigenvalue weighted by Gasteiger charge is -2.24. The van der Waals surface area contributed by atoms with E-state index in [2.05, 4.69) is 19.2 Å². The molecule has 0 aromatic rings. The zero-order chi connectivity index (χ0) is 11.0. The standard InChI is InChI=1S/C11H24N2O/c1-4-6-10(14)13-9-11(2,3)7-5-8-12/h4-9,12H2,1-3H3,(H,13,14). The molecule has 0 fully saturated rings. The molecular weight excluding hydrogens is 176 g/mol. The summed E-state index contributed by atoms with van der Waals surface area (Å²) in [6.45, 7) is 7.82. The molecule has 0 aliphatic carbocycles. The Kier molecular flexibility index (Phi) is 6.54. The van der Waals surface area contributed by atoms with Crippen LogP contribution in [0.25, 0.3) is 0 Å². The highest BCUT2D eigenvalue weighted by molar-refractivity contribution is 5.75. The smallest absolute Gasteiger partial charge is 0.220 e. The van der Waals surface area contributed by atoms with Crippen molar-refractivity contribution < 1.29 is 4.79 Å². The average Bonchev–Trinajstić information content (AvgIpc) is 2.13. The van der Waals surface area contributed by atoms with Crippen LogP contribution in [0.3, 0.4) is 0 Å². The highest BCUT2D eigenvalue weighted by Crippen LogP contribution is 2.20. The minimum Gasteiger partial charge on any atom is -0.356 e. The topological polar surface area (TPSA) is 55.1 Å². The number of amides is 1. The molecule has 0 heterocycles. The van der Waals surface area contributed by atoms with E-state index in [1.54, 1.807) is 0 Å². The quantitative estimate of drug-likeness (QED) is 0.657. The molecule has 14 heavy (non-hydrogen) atoms. The highest BCUT2D eigenvalue weighted by Gasteiger charge is 2.17. The predicted octanol–water partition coefficient (Wildman–Crippen LogP) is 1.67. The summed E-state index contributed by atoms with van der Waals surface area (Å²) < 4.78 is 0. The van der Waals surface area contributed by atoms with E-state index < -0.39 is 0 Å². The molecule has 0 aliphatic heterocycles. The fraction of sp³-hybridized carbons (Fsp3) is 0.909. The van der Waals surface area contributed by atoms with Gasteiger partial charge in [-0.2, -0.15) is 0 Å². The number of rotatable bonds is 7. The van der Waals surface area contributed by atoms with E-state index in [0.717, 1.165) is 32.4 Å². The maximum Gasteiger partial charge on any atom is 0.220 e. The van der Waals surface area contributed by atoms with Gasteiger partial charge >= 0.3 is 0 Å². The van der Waals surface area contributed by atoms with Gasteiger partial charge in [-0.25, -0.2) is 0 Å². The molecular formula is C11H24N2O. The van der Waals surface area contributed by atoms with E-state index >= 15 is 0 Å². The van der Waals surface area contributed by atoms with Gasteiger partial charge in [-0.15, -0.1) is 0 Å². The summed E-state index contributed by atoms with van der Waals surface area (Å²) in [6.07, 6.45) is 3.63. The Morgan fingerprint density at radius 1 is 1.43 bits per heavy atom. The van der Waals surface area contributed by atoms with Gasteiger partial charge in [0.15, 0.2) is 0 Å². The van der Waals surface area contributed by atoms with Crippen molar-refractivity contribution in [3.63, 3.8) is 0 Å². The zero-order valence-corrected chi connectivity index (χ0v) is 9.73. The van der Waals surface area contributed by atoms with Crippen LogP contribution in [-0.2, 0) is 4.79 Å². The molecule has 0 atom stereocenters. The SMILES string of the molecule is CCCC(=O)NCC(C)(C)CCCN. The lowest BCUT2D eigenvalue weighted by atomic mass is 9.88. The molecule has 3 nitrogen and oxygen atoms in total. The van der Waals surface area contributed by atoms with Crippen molar-refractivity contribution in [2.24, 2.45) is 11.1 Å². The van der Waals surface area contributed by atoms with Crippen molar-refractivity contribution in [1.29, 1.82) is 0 Å². The monoisotopic (exact) mass is 200 g/mol. The van der Waals surface area contributed by atoms with Crippen LogP contribution in [0.2, 0.25) is 0 Å². The molecule has 0 aliphatic rings. The van der Waals surface area contributed by atoms with E-state index in [9.17, 15) is 4.79 Å². The Bertz CT molecular complexity index is 167. The molecule has 0 aromatic carbocycles. The number of carbonyl (C=O) groups excluding carboxylic acids is 1. The number of hydrogen-bond donors (Lipinski definition) is 2. The van der Waals surface area contributed by atoms with E-state index in [-0.39, 0.29) is 11.3 Å². The summed E-state index contributed by atoms with van der Waals surface area (Å²) >= 11 is 0. The van der Waals surface area contributed by atoms with Crippen LogP contribution in [0.15, 0.2) is 0 Å². The number of carbonyl (C=O) groups is 1. The maximum absolute atomic E-state index is 11.2. The van der Waals surface area contributed by atoms with E-state index in [4.69, 9.17) is 5.73 Å². The molecule has 0 radical (unpaired) electrons. The Morgan fingerprint density at radius 2 is 2.07 bits per heavy atom. The second-order valence-corrected chi connectivity index (χ2v) is 4.58. The second-order valence-electron chi connectivity index (χ2n) is 4.58. The average molecular weight is 200 g/mol. The predicted molar refractivity (Wildman–Crippen MR) is 60.0 cm³/mol. The summed E-state index contributed by atoms with van der Waals surface area (Å²) in [7, 11) is 0. The third-order valence-electron chi connectivity index (χ3n) is 2.30. The first-order chi connectivity index (χ1) is 6.52. The van der Waals surface area contributed by atoms with Crippen LogP contribution in [0.5, 0.6) is 0 Å². The lowest BCUT2D eigenvalue weighted by Crippen LogP contribution is -2.34. The third kappa shape index (κ3) is 6.89. The van der Waals surface area contributed by atoms with Crippen LogP contribution in [0.4, 0.5) is 0 Å². The summed E-state index contributed by atoms with van der Waals surface area (Å²) in [6, 6.07) is 0. The van der Waals surface area contributed by atoms with Crippen molar-refractivity contribution >= 4 is 5.91 Å². The fourth-order valence-electron chi connectivity index (χ4n) is 1.32. The zero-order valence-electron chi connectivity index (χ0n) is 9.73. The van der Waals surface area contributed by atoms with Gasteiger partial charge in [0.25, 0.3) is 0 Å². The van der Waals surface area contributed by atoms with Crippen LogP contribution >= 0.6 is 0 Å². The van der Waals surface area contributed by atoms with E-state index in [1.807, 2.05) is 6.92 Å². The normalized spacial score (nSPS) is 11.4. The molecule has 0 bridgehead atoms. The van der Waals surface area contributed by atoms with Gasteiger partial charge in [0, 0.05) is 13.0 Å². The van der Waals surface area contributed by atoms with Crippen molar-refractivity contribution in [1.82, 2.24) is 5.32 Å². The van der Waals surface area contributed by atoms with Gasteiger partial charge in [-0.1, -0.05) is 20.8 Å². The van der Waals surface area contributed by atoms with Crippen molar-refractivity contribution in [2.75, 3.05) is 13.1 Å². The minimum atomic E-state index is 0.160. The Balaban J connectivity index is 3.68. The maximum atomic E-state index is 11.2. The summed E-state index contributed by atoms with van der Waals surface area (Å²) in [5, 5.41) is 2.95. The van der Waals surface area contributed by atoms with Gasteiger partial charge < -0.3 is 11.1 Å². The number of hydrogen-bond acceptors (Lipinski definition) is 2.